The number of hydrogen-bond acceptors (Lipinski definition) is 4. The number of hydrogen-bond donors (Lipinski definition) is 1. The Kier molecular flexibility index (Phi) is 4.24. The molecule has 1 N–H and O–H groups in total. The van der Waals surface area contributed by atoms with Crippen molar-refractivity contribution < 1.29 is 13.6 Å². The molecule has 1 aromatic carbocycles. The van der Waals surface area contributed by atoms with Crippen LogP contribution in [-0.2, 0) is 4.79 Å². The molecule has 21 heavy (non-hydrogen) atoms. The summed E-state index contributed by atoms with van der Waals surface area (Å²) in [5.74, 6) is 0.327. The number of nitrogens with zero attached hydrogens (tertiary/aromatic N) is 1. The van der Waals surface area contributed by atoms with Crippen LogP contribution in [0.1, 0.15) is 19.3 Å². The van der Waals surface area contributed by atoms with Gasteiger partial charge in [0.2, 0.25) is 5.91 Å². The highest BCUT2D eigenvalue weighted by Gasteiger charge is 2.23. The van der Waals surface area contributed by atoms with Crippen molar-refractivity contribution in [3.63, 3.8) is 0 Å². The van der Waals surface area contributed by atoms with Crippen molar-refractivity contribution in [1.29, 1.82) is 0 Å². The van der Waals surface area contributed by atoms with E-state index >= 15 is 0 Å². The lowest BCUT2D eigenvalue weighted by Crippen LogP contribution is -2.30. The summed E-state index contributed by atoms with van der Waals surface area (Å²) in [7, 11) is 0. The zero-order chi connectivity index (χ0) is 14.7. The van der Waals surface area contributed by atoms with E-state index in [-0.39, 0.29) is 17.0 Å². The Bertz CT molecular complexity index is 627. The van der Waals surface area contributed by atoms with Gasteiger partial charge < -0.3 is 9.73 Å². The fourth-order valence-electron chi connectivity index (χ4n) is 2.21. The summed E-state index contributed by atoms with van der Waals surface area (Å²) < 4.78 is 18.6. The predicted octanol–water partition coefficient (Wildman–Crippen LogP) is 3.24. The van der Waals surface area contributed by atoms with Crippen molar-refractivity contribution in [2.45, 2.75) is 29.7 Å². The summed E-state index contributed by atoms with van der Waals surface area (Å²) in [6.07, 6.45) is 4.45. The van der Waals surface area contributed by atoms with Gasteiger partial charge in [0.05, 0.1) is 11.4 Å². The summed E-state index contributed by atoms with van der Waals surface area (Å²) in [4.78, 5) is 16.1. The Hall–Kier alpha value is -1.82. The van der Waals surface area contributed by atoms with Gasteiger partial charge in [0, 0.05) is 12.1 Å². The molecule has 2 heterocycles. The van der Waals surface area contributed by atoms with Crippen molar-refractivity contribution in [3.05, 3.63) is 36.3 Å². The molecule has 0 saturated carbocycles. The van der Waals surface area contributed by atoms with Crippen molar-refractivity contribution in [2.24, 2.45) is 0 Å². The van der Waals surface area contributed by atoms with Gasteiger partial charge in [-0.15, -0.1) is 0 Å². The van der Waals surface area contributed by atoms with Crippen LogP contribution in [-0.4, -0.2) is 22.7 Å². The van der Waals surface area contributed by atoms with Gasteiger partial charge in [-0.2, -0.15) is 0 Å². The minimum Gasteiger partial charge on any atom is -0.431 e. The topological polar surface area (TPSA) is 55.1 Å². The standard InChI is InChI=1S/C15H15FN2O2S/c16-11-6-4-10(5-7-11)12-9-18-15(20-12)21-13-3-1-2-8-17-14(13)19/h4-7,9,13H,1-3,8H2,(H,17,19)/t13-/m1/s1. The van der Waals surface area contributed by atoms with Gasteiger partial charge in [0.25, 0.3) is 5.22 Å². The highest BCUT2D eigenvalue weighted by molar-refractivity contribution is 8.00. The molecule has 0 spiro atoms. The summed E-state index contributed by atoms with van der Waals surface area (Å²) in [5, 5.41) is 3.20. The summed E-state index contributed by atoms with van der Waals surface area (Å²) >= 11 is 1.34. The van der Waals surface area contributed by atoms with Crippen LogP contribution in [0.5, 0.6) is 0 Å². The predicted molar refractivity (Wildman–Crippen MR) is 78.4 cm³/mol. The number of aromatic nitrogens is 1. The Morgan fingerprint density at radius 3 is 2.90 bits per heavy atom. The molecular formula is C15H15FN2O2S. The average molecular weight is 306 g/mol. The Labute approximate surface area is 126 Å². The normalized spacial score (nSPS) is 19.1. The molecule has 1 saturated heterocycles. The number of rotatable bonds is 3. The van der Waals surface area contributed by atoms with Crippen LogP contribution in [0.4, 0.5) is 4.39 Å². The second kappa shape index (κ2) is 6.30. The van der Waals surface area contributed by atoms with E-state index in [1.165, 1.54) is 23.9 Å². The molecule has 1 amide bonds. The molecule has 1 aliphatic heterocycles. The minimum atomic E-state index is -0.289. The molecule has 0 aliphatic carbocycles. The highest BCUT2D eigenvalue weighted by Crippen LogP contribution is 2.30. The van der Waals surface area contributed by atoms with E-state index in [2.05, 4.69) is 10.3 Å². The second-order valence-electron chi connectivity index (χ2n) is 4.89. The van der Waals surface area contributed by atoms with Crippen LogP contribution in [0, 0.1) is 5.82 Å². The molecular weight excluding hydrogens is 291 g/mol. The molecule has 1 aromatic heterocycles. The summed E-state index contributed by atoms with van der Waals surface area (Å²) in [6, 6.07) is 6.04. The largest absolute Gasteiger partial charge is 0.431 e. The zero-order valence-electron chi connectivity index (χ0n) is 11.3. The first-order chi connectivity index (χ1) is 10.2. The van der Waals surface area contributed by atoms with Gasteiger partial charge in [0.15, 0.2) is 5.76 Å². The van der Waals surface area contributed by atoms with E-state index in [4.69, 9.17) is 4.42 Å². The first kappa shape index (κ1) is 14.1. The maximum atomic E-state index is 12.9. The van der Waals surface area contributed by atoms with E-state index < -0.39 is 0 Å². The SMILES string of the molecule is O=C1NCCCC[C@H]1Sc1ncc(-c2ccc(F)cc2)o1. The van der Waals surface area contributed by atoms with Crippen LogP contribution in [0.3, 0.4) is 0 Å². The van der Waals surface area contributed by atoms with Crippen molar-refractivity contribution in [3.8, 4) is 11.3 Å². The quantitative estimate of drug-likeness (QED) is 0.946. The molecule has 6 heteroatoms. The zero-order valence-corrected chi connectivity index (χ0v) is 12.2. The molecule has 1 fully saturated rings. The van der Waals surface area contributed by atoms with Gasteiger partial charge >= 0.3 is 0 Å². The molecule has 0 unspecified atom stereocenters. The van der Waals surface area contributed by atoms with Crippen LogP contribution in [0.25, 0.3) is 11.3 Å². The van der Waals surface area contributed by atoms with Crippen molar-refractivity contribution in [2.75, 3.05) is 6.54 Å². The first-order valence-electron chi connectivity index (χ1n) is 6.88. The third-order valence-corrected chi connectivity index (χ3v) is 4.47. The maximum absolute atomic E-state index is 12.9. The van der Waals surface area contributed by atoms with E-state index in [0.717, 1.165) is 31.4 Å². The molecule has 1 aliphatic rings. The van der Waals surface area contributed by atoms with E-state index in [1.54, 1.807) is 18.3 Å². The number of halogens is 1. The van der Waals surface area contributed by atoms with Crippen LogP contribution in [0.15, 0.2) is 40.1 Å². The fourth-order valence-corrected chi connectivity index (χ4v) is 3.18. The number of benzene rings is 1. The van der Waals surface area contributed by atoms with Crippen molar-refractivity contribution in [1.82, 2.24) is 10.3 Å². The molecule has 0 radical (unpaired) electrons. The number of amides is 1. The first-order valence-corrected chi connectivity index (χ1v) is 7.76. The monoisotopic (exact) mass is 306 g/mol. The number of thioether (sulfide) groups is 1. The Morgan fingerprint density at radius 2 is 2.10 bits per heavy atom. The molecule has 3 rings (SSSR count). The molecule has 0 bridgehead atoms. The lowest BCUT2D eigenvalue weighted by atomic mass is 10.2. The average Bonchev–Trinajstić information content (AvgIpc) is 2.85. The third kappa shape index (κ3) is 3.44. The van der Waals surface area contributed by atoms with E-state index in [0.29, 0.717) is 11.0 Å². The molecule has 2 aromatic rings. The van der Waals surface area contributed by atoms with Gasteiger partial charge in [-0.25, -0.2) is 9.37 Å². The van der Waals surface area contributed by atoms with E-state index in [1.807, 2.05) is 0 Å². The van der Waals surface area contributed by atoms with Crippen LogP contribution in [0.2, 0.25) is 0 Å². The minimum absolute atomic E-state index is 0.0408. The van der Waals surface area contributed by atoms with Gasteiger partial charge in [-0.05, 0) is 37.1 Å². The molecule has 4 nitrogen and oxygen atoms in total. The number of oxazole rings is 1. The Balaban J connectivity index is 1.72. The second-order valence-corrected chi connectivity index (χ2v) is 6.04. The summed E-state index contributed by atoms with van der Waals surface area (Å²) in [6.45, 7) is 0.738. The van der Waals surface area contributed by atoms with Gasteiger partial charge in [-0.3, -0.25) is 4.79 Å². The van der Waals surface area contributed by atoms with Gasteiger partial charge in [0.1, 0.15) is 5.82 Å². The van der Waals surface area contributed by atoms with E-state index in [9.17, 15) is 9.18 Å². The van der Waals surface area contributed by atoms with Gasteiger partial charge in [-0.1, -0.05) is 18.2 Å². The number of carbonyl (C=O) groups is 1. The third-order valence-electron chi connectivity index (χ3n) is 3.34. The number of carbonyl (C=O) groups excluding carboxylic acids is 1. The highest BCUT2D eigenvalue weighted by atomic mass is 32.2. The number of nitrogens with one attached hydrogen (secondary N) is 1. The molecule has 1 atom stereocenters. The van der Waals surface area contributed by atoms with Crippen LogP contribution < -0.4 is 5.32 Å². The smallest absolute Gasteiger partial charge is 0.256 e. The Morgan fingerprint density at radius 1 is 1.29 bits per heavy atom. The molecule has 110 valence electrons. The van der Waals surface area contributed by atoms with Crippen LogP contribution >= 0.6 is 11.8 Å². The lowest BCUT2D eigenvalue weighted by molar-refractivity contribution is -0.120. The fraction of sp³-hybridized carbons (Fsp3) is 0.333. The van der Waals surface area contributed by atoms with Crippen molar-refractivity contribution >= 4 is 17.7 Å². The maximum Gasteiger partial charge on any atom is 0.256 e. The summed E-state index contributed by atoms with van der Waals surface area (Å²) in [5.41, 5.74) is 0.765. The lowest BCUT2D eigenvalue weighted by Gasteiger charge is -2.09.